The summed E-state index contributed by atoms with van der Waals surface area (Å²) in [7, 11) is 0. The van der Waals surface area contributed by atoms with Crippen LogP contribution in [0.5, 0.6) is 0 Å². The molecule has 4 N–H and O–H groups in total. The fourth-order valence-electron chi connectivity index (χ4n) is 4.96. The van der Waals surface area contributed by atoms with E-state index in [0.29, 0.717) is 16.5 Å². The van der Waals surface area contributed by atoms with Gasteiger partial charge in [-0.25, -0.2) is 14.6 Å². The predicted molar refractivity (Wildman–Crippen MR) is 173 cm³/mol. The zero-order chi connectivity index (χ0) is 33.7. The first-order valence-electron chi connectivity index (χ1n) is 14.9. The summed E-state index contributed by atoms with van der Waals surface area (Å²) in [6.45, 7) is 14.4. The molecule has 3 rings (SSSR count). The zero-order valence-corrected chi connectivity index (χ0v) is 28.5. The molecule has 0 bridgehead atoms. The smallest absolute Gasteiger partial charge is 0.328 e. The molecule has 0 fully saturated rings. The van der Waals surface area contributed by atoms with Crippen molar-refractivity contribution in [2.24, 2.45) is 11.8 Å². The van der Waals surface area contributed by atoms with Crippen LogP contribution in [0.25, 0.3) is 22.6 Å². The molecule has 1 aliphatic carbocycles. The number of rotatable bonds is 12. The largest absolute Gasteiger partial charge is 0.464 e. The van der Waals surface area contributed by atoms with Crippen molar-refractivity contribution in [1.82, 2.24) is 15.6 Å². The molecule has 45 heavy (non-hydrogen) atoms. The van der Waals surface area contributed by atoms with E-state index in [2.05, 4.69) is 26.6 Å². The van der Waals surface area contributed by atoms with Crippen LogP contribution in [0.3, 0.4) is 0 Å². The van der Waals surface area contributed by atoms with E-state index in [1.807, 2.05) is 27.7 Å². The summed E-state index contributed by atoms with van der Waals surface area (Å²) in [5.41, 5.74) is 5.84. The van der Waals surface area contributed by atoms with Crippen molar-refractivity contribution in [3.05, 3.63) is 43.0 Å². The number of halogens is 1. The third kappa shape index (κ3) is 7.81. The van der Waals surface area contributed by atoms with Crippen molar-refractivity contribution in [2.45, 2.75) is 80.3 Å². The molecular formula is C32H41BrN4O8. The normalized spacial score (nSPS) is 12.8. The number of carbonyl (C=O) groups is 4. The monoisotopic (exact) mass is 688 g/mol. The fraction of sp³-hybridized carbons (Fsp3) is 0.500. The molecule has 1 aliphatic heterocycles. The maximum absolute atomic E-state index is 13.7. The molecule has 0 radical (unpaired) electrons. The number of esters is 2. The van der Waals surface area contributed by atoms with Crippen LogP contribution < -0.4 is 21.8 Å². The first-order chi connectivity index (χ1) is 21.1. The molecule has 1 aromatic rings. The minimum Gasteiger partial charge on any atom is -0.464 e. The third-order valence-electron chi connectivity index (χ3n) is 7.15. The second-order valence-electron chi connectivity index (χ2n) is 11.7. The Morgan fingerprint density at radius 2 is 1.42 bits per heavy atom. The Morgan fingerprint density at radius 3 is 1.91 bits per heavy atom. The average molecular weight is 690 g/mol. The number of anilines is 1. The molecule has 0 aromatic heterocycles. The quantitative estimate of drug-likeness (QED) is 0.137. The van der Waals surface area contributed by atoms with Crippen LogP contribution in [0.15, 0.2) is 19.8 Å². The first-order valence-corrected chi connectivity index (χ1v) is 15.7. The zero-order valence-electron chi connectivity index (χ0n) is 26.9. The van der Waals surface area contributed by atoms with Gasteiger partial charge in [0.1, 0.15) is 23.3 Å². The summed E-state index contributed by atoms with van der Waals surface area (Å²) in [4.78, 5) is 70.7. The Kier molecular flexibility index (Phi) is 11.7. The Morgan fingerprint density at radius 1 is 0.911 bits per heavy atom. The number of hydrogen-bond acceptors (Lipinski definition) is 10. The number of fused-ring (bicyclic) bond motifs is 2. The van der Waals surface area contributed by atoms with Crippen molar-refractivity contribution in [3.63, 3.8) is 0 Å². The van der Waals surface area contributed by atoms with Gasteiger partial charge in [0, 0.05) is 15.6 Å². The van der Waals surface area contributed by atoms with Gasteiger partial charge in [-0.1, -0.05) is 43.6 Å². The number of nitrogen functional groups attached to an aromatic ring is 1. The van der Waals surface area contributed by atoms with E-state index in [-0.39, 0.29) is 76.4 Å². The number of nitrogens with one attached hydrogen (secondary N) is 2. The Labute approximate surface area is 270 Å². The number of aromatic nitrogens is 1. The maximum atomic E-state index is 13.7. The minimum atomic E-state index is -1.01. The molecule has 0 saturated heterocycles. The Balaban J connectivity index is 2.27. The third-order valence-corrected chi connectivity index (χ3v) is 7.98. The summed E-state index contributed by atoms with van der Waals surface area (Å²) < 4.78 is 17.1. The van der Waals surface area contributed by atoms with Crippen LogP contribution in [-0.4, -0.2) is 54.0 Å². The van der Waals surface area contributed by atoms with E-state index in [1.165, 1.54) is 13.0 Å². The van der Waals surface area contributed by atoms with Gasteiger partial charge in [-0.05, 0) is 58.4 Å². The van der Waals surface area contributed by atoms with Crippen molar-refractivity contribution in [2.75, 3.05) is 18.9 Å². The summed E-state index contributed by atoms with van der Waals surface area (Å²) in [5.74, 6) is -2.55. The molecule has 2 aliphatic rings. The van der Waals surface area contributed by atoms with Crippen LogP contribution in [0.1, 0.15) is 86.2 Å². The molecule has 244 valence electrons. The van der Waals surface area contributed by atoms with Gasteiger partial charge in [0.15, 0.2) is 11.3 Å². The van der Waals surface area contributed by atoms with Crippen LogP contribution in [-0.2, 0) is 19.1 Å². The molecule has 2 amide bonds. The van der Waals surface area contributed by atoms with Crippen molar-refractivity contribution < 1.29 is 33.1 Å². The molecule has 1 heterocycles. The highest BCUT2D eigenvalue weighted by Crippen LogP contribution is 2.36. The number of nitrogens with two attached hydrogens (primary N) is 1. The Hall–Kier alpha value is -4.00. The van der Waals surface area contributed by atoms with Crippen molar-refractivity contribution in [3.8, 4) is 11.5 Å². The van der Waals surface area contributed by atoms with Gasteiger partial charge in [0.2, 0.25) is 5.43 Å². The lowest BCUT2D eigenvalue weighted by molar-refractivity contribution is -0.146. The van der Waals surface area contributed by atoms with Gasteiger partial charge < -0.3 is 30.3 Å². The maximum Gasteiger partial charge on any atom is 0.328 e. The van der Waals surface area contributed by atoms with Gasteiger partial charge in [-0.15, -0.1) is 0 Å². The highest BCUT2D eigenvalue weighted by molar-refractivity contribution is 9.10. The van der Waals surface area contributed by atoms with Crippen molar-refractivity contribution >= 4 is 56.5 Å². The van der Waals surface area contributed by atoms with E-state index in [1.54, 1.807) is 20.8 Å². The number of carbonyl (C=O) groups excluding carboxylic acids is 4. The lowest BCUT2D eigenvalue weighted by Gasteiger charge is -2.22. The lowest BCUT2D eigenvalue weighted by Crippen LogP contribution is -2.43. The van der Waals surface area contributed by atoms with E-state index >= 15 is 0 Å². The van der Waals surface area contributed by atoms with Gasteiger partial charge in [-0.2, -0.15) is 0 Å². The van der Waals surface area contributed by atoms with Gasteiger partial charge in [0.25, 0.3) is 11.8 Å². The molecule has 0 spiro atoms. The van der Waals surface area contributed by atoms with Crippen LogP contribution in [0.4, 0.5) is 5.69 Å². The van der Waals surface area contributed by atoms with Gasteiger partial charge in [0.05, 0.1) is 30.0 Å². The fourth-order valence-corrected chi connectivity index (χ4v) is 5.37. The number of amides is 2. The molecule has 13 heteroatoms. The molecular weight excluding hydrogens is 648 g/mol. The standard InChI is InChI=1S/C32H41BrN4O8/c1-9-43-31(41)20(11-14(3)4)35-29(39)18-13-19(33)16(7)27-24(18)37-25-22(23(34)26(38)17(8)28(25)45-27)30(40)36-21(12-15(5)6)32(42)44-10-2/h13-15,20-21H,9-12,34H2,1-8H3,(H,35,39)(H,36,40). The predicted octanol–water partition coefficient (Wildman–Crippen LogP) is 4.67. The van der Waals surface area contributed by atoms with Crippen LogP contribution in [0, 0.1) is 25.7 Å². The average Bonchev–Trinajstić information content (AvgIpc) is 2.96. The highest BCUT2D eigenvalue weighted by Gasteiger charge is 2.33. The summed E-state index contributed by atoms with van der Waals surface area (Å²) in [6, 6.07) is -0.398. The topological polar surface area (TPSA) is 180 Å². The number of benzene rings is 2. The first kappa shape index (κ1) is 35.5. The second-order valence-corrected chi connectivity index (χ2v) is 12.5. The number of aryl methyl sites for hydroxylation is 1. The molecule has 12 nitrogen and oxygen atoms in total. The summed E-state index contributed by atoms with van der Waals surface area (Å²) >= 11 is 3.47. The molecule has 2 unspecified atom stereocenters. The van der Waals surface area contributed by atoms with Crippen molar-refractivity contribution in [1.29, 1.82) is 0 Å². The van der Waals surface area contributed by atoms with E-state index in [4.69, 9.17) is 24.6 Å². The molecule has 0 saturated carbocycles. The van der Waals surface area contributed by atoms with Crippen LogP contribution >= 0.6 is 15.9 Å². The Bertz CT molecular complexity index is 1650. The number of ether oxygens (including phenoxy) is 2. The number of hydrogen-bond donors (Lipinski definition) is 3. The molecule has 1 aromatic carbocycles. The summed E-state index contributed by atoms with van der Waals surface area (Å²) in [6.07, 6.45) is 0.607. The highest BCUT2D eigenvalue weighted by atomic mass is 79.9. The van der Waals surface area contributed by atoms with E-state index in [0.717, 1.165) is 0 Å². The van der Waals surface area contributed by atoms with E-state index in [9.17, 15) is 24.0 Å². The lowest BCUT2D eigenvalue weighted by atomic mass is 9.98. The van der Waals surface area contributed by atoms with Gasteiger partial charge >= 0.3 is 11.9 Å². The summed E-state index contributed by atoms with van der Waals surface area (Å²) in [5, 5.41) is 5.40. The van der Waals surface area contributed by atoms with Gasteiger partial charge in [-0.3, -0.25) is 14.4 Å². The van der Waals surface area contributed by atoms with Crippen LogP contribution in [0.2, 0.25) is 0 Å². The number of nitrogens with zero attached hydrogens (tertiary/aromatic N) is 1. The SMILES string of the molecule is CCOC(=O)C(CC(C)C)NC(=O)c1c2nc3c(C(=O)NC(CC(C)C)C(=O)OCC)cc(Br)c(C)c3oc-2c(C)c(=O)c1N. The minimum absolute atomic E-state index is 0.000148. The second kappa shape index (κ2) is 14.9. The van der Waals surface area contributed by atoms with E-state index < -0.39 is 41.3 Å². The molecule has 2 atom stereocenters.